The number of fused-ring (bicyclic) bond motifs is 1. The van der Waals surface area contributed by atoms with Crippen molar-refractivity contribution in [2.45, 2.75) is 92.1 Å². The van der Waals surface area contributed by atoms with E-state index in [-0.39, 0.29) is 22.6 Å². The molecule has 0 bridgehead atoms. The molecule has 2 aromatic carbocycles. The van der Waals surface area contributed by atoms with Crippen molar-refractivity contribution in [1.82, 2.24) is 0 Å². The van der Waals surface area contributed by atoms with E-state index in [0.29, 0.717) is 0 Å². The van der Waals surface area contributed by atoms with Crippen LogP contribution < -0.4 is 14.9 Å². The Morgan fingerprint density at radius 3 is 1.69 bits per heavy atom. The van der Waals surface area contributed by atoms with Crippen molar-refractivity contribution in [1.29, 1.82) is 0 Å². The van der Waals surface area contributed by atoms with Crippen LogP contribution in [0.25, 0.3) is 22.3 Å². The molecule has 4 heterocycles. The Bertz CT molecular complexity index is 1800. The molecular weight excluding hydrogens is 732 g/mol. The summed E-state index contributed by atoms with van der Waals surface area (Å²) in [6, 6.07) is 7.07. The molecule has 1 aromatic heterocycles. The Morgan fingerprint density at radius 2 is 1.11 bits per heavy atom. The maximum absolute atomic E-state index is 14.2. The van der Waals surface area contributed by atoms with Crippen molar-refractivity contribution in [3.63, 3.8) is 0 Å². The lowest BCUT2D eigenvalue weighted by Crippen LogP contribution is -2.65. The fourth-order valence-corrected chi connectivity index (χ4v) is 6.28. The van der Waals surface area contributed by atoms with Crippen LogP contribution in [0.3, 0.4) is 0 Å². The molecule has 21 heteroatoms. The van der Waals surface area contributed by atoms with Gasteiger partial charge in [0.2, 0.25) is 23.8 Å². The van der Waals surface area contributed by atoms with Crippen molar-refractivity contribution in [3.05, 3.63) is 46.6 Å². The molecule has 3 saturated heterocycles. The minimum absolute atomic E-state index is 0.0723. The van der Waals surface area contributed by atoms with E-state index in [1.165, 1.54) is 24.3 Å². The van der Waals surface area contributed by atoms with Gasteiger partial charge in [-0.05, 0) is 24.3 Å². The lowest BCUT2D eigenvalue weighted by molar-refractivity contribution is -0.358. The Balaban J connectivity index is 1.41. The highest BCUT2D eigenvalue weighted by molar-refractivity contribution is 5.88. The van der Waals surface area contributed by atoms with Gasteiger partial charge in [-0.15, -0.1) is 0 Å². The first-order chi connectivity index (χ1) is 25.7. The highest BCUT2D eigenvalue weighted by Crippen LogP contribution is 2.39. The summed E-state index contributed by atoms with van der Waals surface area (Å²) in [6.45, 7) is -2.48. The molecule has 3 aliphatic heterocycles. The second-order valence-corrected chi connectivity index (χ2v) is 12.9. The number of ether oxygens (including phenoxy) is 6. The van der Waals surface area contributed by atoms with Crippen LogP contribution in [0.4, 0.5) is 0 Å². The topological polar surface area (TPSA) is 349 Å². The van der Waals surface area contributed by atoms with Crippen molar-refractivity contribution < 1.29 is 99.2 Å². The second kappa shape index (κ2) is 16.2. The molecule has 0 spiro atoms. The predicted molar refractivity (Wildman–Crippen MR) is 173 cm³/mol. The maximum Gasteiger partial charge on any atom is 0.239 e. The van der Waals surface area contributed by atoms with Crippen molar-refractivity contribution in [2.24, 2.45) is 0 Å². The number of rotatable bonds is 10. The third-order valence-electron chi connectivity index (χ3n) is 9.33. The summed E-state index contributed by atoms with van der Waals surface area (Å²) in [5.41, 5.74) is -1.38. The highest BCUT2D eigenvalue weighted by atomic mass is 16.8. The number of aliphatic hydroxyl groups excluding tert-OH is 11. The molecule has 3 aromatic rings. The fourth-order valence-electron chi connectivity index (χ4n) is 6.28. The summed E-state index contributed by atoms with van der Waals surface area (Å²) in [7, 11) is 0. The number of aromatic hydroxyl groups is 2. The molecule has 0 aliphatic carbocycles. The first-order valence-corrected chi connectivity index (χ1v) is 16.5. The SMILES string of the molecule is O=c1c(O[C@H]2O[C@H](CO)[C@@H](O)[C@H](O)[C@H]2O[C@@H]2O[C@H](CO)[C@@H](O)[C@H](O)[C@H]2O)c(-c2ccc(O)cc2)oc2cc(OC3O[C@H](CO)[C@@H](O)[C@H](O)[C@H]3O)cc(O)c12. The summed E-state index contributed by atoms with van der Waals surface area (Å²) >= 11 is 0. The average Bonchev–Trinajstić information content (AvgIpc) is 3.15. The van der Waals surface area contributed by atoms with Gasteiger partial charge in [0.25, 0.3) is 0 Å². The van der Waals surface area contributed by atoms with Gasteiger partial charge in [-0.25, -0.2) is 0 Å². The summed E-state index contributed by atoms with van der Waals surface area (Å²) < 4.78 is 39.6. The number of phenolic OH excluding ortho intramolecular Hbond substituents is 2. The van der Waals surface area contributed by atoms with Gasteiger partial charge in [-0.3, -0.25) is 4.79 Å². The Hall–Kier alpha value is -3.75. The first-order valence-electron chi connectivity index (χ1n) is 16.5. The third kappa shape index (κ3) is 7.45. The van der Waals surface area contributed by atoms with E-state index in [9.17, 15) is 71.2 Å². The lowest BCUT2D eigenvalue weighted by atomic mass is 9.97. The summed E-state index contributed by atoms with van der Waals surface area (Å²) in [4.78, 5) is 14.2. The van der Waals surface area contributed by atoms with Crippen LogP contribution in [-0.2, 0) is 18.9 Å². The predicted octanol–water partition coefficient (Wildman–Crippen LogP) is -4.95. The van der Waals surface area contributed by atoms with Gasteiger partial charge in [-0.1, -0.05) is 0 Å². The zero-order valence-electron chi connectivity index (χ0n) is 27.8. The summed E-state index contributed by atoms with van der Waals surface area (Å²) in [5, 5.41) is 133. The molecule has 0 saturated carbocycles. The quantitative estimate of drug-likeness (QED) is 0.0918. The van der Waals surface area contributed by atoms with Gasteiger partial charge >= 0.3 is 0 Å². The molecule has 0 amide bonds. The molecule has 298 valence electrons. The molecule has 0 radical (unpaired) electrons. The molecule has 21 nitrogen and oxygen atoms in total. The molecule has 3 aliphatic rings. The minimum atomic E-state index is -2.01. The van der Waals surface area contributed by atoms with Crippen LogP contribution in [-0.4, -0.2) is 178 Å². The standard InChI is InChI=1S/C33H40O21/c34-7-15-19(39)23(43)26(46)31(50-15)48-12-5-13(38)18-14(6-12)49-28(10-1-3-11(37)4-2-10)29(22(18)42)53-33-30(25(45)21(41)17(9-36)52-33)54-32-27(47)24(44)20(40)16(8-35)51-32/h1-6,15-17,19-21,23-27,30-41,43-47H,7-9H2/t15-,16-,17-,19-,20-,21-,23+,24+,25+,26-,27-,30-,31?,32+,33-/m1/s1. The Labute approximate surface area is 303 Å². The molecule has 13 N–H and O–H groups in total. The molecule has 6 rings (SSSR count). The van der Waals surface area contributed by atoms with Gasteiger partial charge in [0, 0.05) is 17.7 Å². The normalized spacial score (nSPS) is 37.3. The Kier molecular flexibility index (Phi) is 11.9. The second-order valence-electron chi connectivity index (χ2n) is 12.9. The largest absolute Gasteiger partial charge is 0.508 e. The highest BCUT2D eigenvalue weighted by Gasteiger charge is 2.52. The van der Waals surface area contributed by atoms with E-state index >= 15 is 0 Å². The van der Waals surface area contributed by atoms with E-state index < -0.39 is 140 Å². The third-order valence-corrected chi connectivity index (χ3v) is 9.33. The lowest BCUT2D eigenvalue weighted by Gasteiger charge is -2.45. The van der Waals surface area contributed by atoms with Crippen molar-refractivity contribution in [3.8, 4) is 34.3 Å². The Morgan fingerprint density at radius 1 is 0.593 bits per heavy atom. The van der Waals surface area contributed by atoms with Gasteiger partial charge in [0.15, 0.2) is 18.2 Å². The van der Waals surface area contributed by atoms with Crippen LogP contribution in [0.1, 0.15) is 0 Å². The fraction of sp³-hybridized carbons (Fsp3) is 0.545. The van der Waals surface area contributed by atoms with Gasteiger partial charge in [0.05, 0.1) is 19.8 Å². The van der Waals surface area contributed by atoms with E-state index in [2.05, 4.69) is 0 Å². The number of hydrogen-bond donors (Lipinski definition) is 13. The first kappa shape index (κ1) is 39.9. The minimum Gasteiger partial charge on any atom is -0.508 e. The van der Waals surface area contributed by atoms with E-state index in [1.54, 1.807) is 0 Å². The van der Waals surface area contributed by atoms with Crippen molar-refractivity contribution >= 4 is 11.0 Å². The van der Waals surface area contributed by atoms with Crippen LogP contribution in [0.15, 0.2) is 45.6 Å². The molecule has 54 heavy (non-hydrogen) atoms. The number of hydrogen-bond acceptors (Lipinski definition) is 21. The monoisotopic (exact) mass is 772 g/mol. The number of aliphatic hydroxyl groups is 11. The van der Waals surface area contributed by atoms with Crippen LogP contribution in [0, 0.1) is 0 Å². The smallest absolute Gasteiger partial charge is 0.239 e. The van der Waals surface area contributed by atoms with Crippen LogP contribution >= 0.6 is 0 Å². The zero-order valence-corrected chi connectivity index (χ0v) is 27.8. The van der Waals surface area contributed by atoms with Gasteiger partial charge in [-0.2, -0.15) is 0 Å². The van der Waals surface area contributed by atoms with Gasteiger partial charge in [0.1, 0.15) is 95.4 Å². The van der Waals surface area contributed by atoms with Crippen LogP contribution in [0.5, 0.6) is 23.0 Å². The summed E-state index contributed by atoms with van der Waals surface area (Å²) in [6.07, 6.45) is -26.7. The van der Waals surface area contributed by atoms with E-state index in [4.69, 9.17) is 32.8 Å². The van der Waals surface area contributed by atoms with Crippen molar-refractivity contribution in [2.75, 3.05) is 19.8 Å². The molecular formula is C33H40O21. The zero-order chi connectivity index (χ0) is 39.2. The average molecular weight is 773 g/mol. The number of phenols is 2. The number of benzene rings is 2. The molecule has 1 unspecified atom stereocenters. The summed E-state index contributed by atoms with van der Waals surface area (Å²) in [5.74, 6) is -2.38. The maximum atomic E-state index is 14.2. The van der Waals surface area contributed by atoms with E-state index in [0.717, 1.165) is 12.1 Å². The molecule has 15 atom stereocenters. The van der Waals surface area contributed by atoms with Gasteiger partial charge < -0.3 is 99.2 Å². The molecule has 3 fully saturated rings. The van der Waals surface area contributed by atoms with E-state index in [1.807, 2.05) is 0 Å². The van der Waals surface area contributed by atoms with Crippen LogP contribution in [0.2, 0.25) is 0 Å².